The molecule has 0 unspecified atom stereocenters. The van der Waals surface area contributed by atoms with E-state index in [1.807, 2.05) is 11.7 Å². The molecule has 0 spiro atoms. The monoisotopic (exact) mass is 208 g/mol. The van der Waals surface area contributed by atoms with Crippen LogP contribution in [-0.2, 0) is 13.5 Å². The number of rotatable bonds is 4. The van der Waals surface area contributed by atoms with Crippen LogP contribution in [0.3, 0.4) is 0 Å². The summed E-state index contributed by atoms with van der Waals surface area (Å²) in [5, 5.41) is 4.55. The summed E-state index contributed by atoms with van der Waals surface area (Å²) in [6.07, 6.45) is 2.31. The van der Waals surface area contributed by atoms with Gasteiger partial charge in [-0.2, -0.15) is 5.10 Å². The van der Waals surface area contributed by atoms with E-state index in [9.17, 15) is 0 Å². The lowest BCUT2D eigenvalue weighted by molar-refractivity contribution is 0.340. The second-order valence-corrected chi connectivity index (χ2v) is 5.53. The summed E-state index contributed by atoms with van der Waals surface area (Å²) in [6, 6.07) is 2.25. The van der Waals surface area contributed by atoms with Gasteiger partial charge in [0.1, 0.15) is 0 Å². The molecule has 1 aromatic heterocycles. The van der Waals surface area contributed by atoms with Crippen molar-refractivity contribution in [1.82, 2.24) is 9.78 Å². The minimum absolute atomic E-state index is 0.377. The first-order valence-corrected chi connectivity index (χ1v) is 5.88. The Bertz CT molecular complexity index is 321. The molecular formula is C13H24N2. The van der Waals surface area contributed by atoms with Crippen molar-refractivity contribution in [2.45, 2.75) is 53.4 Å². The molecule has 0 radical (unpaired) electrons. The molecule has 0 aliphatic heterocycles. The summed E-state index contributed by atoms with van der Waals surface area (Å²) in [5.74, 6) is 0.523. The molecule has 0 fully saturated rings. The first kappa shape index (κ1) is 12.3. The van der Waals surface area contributed by atoms with Crippen LogP contribution in [-0.4, -0.2) is 9.78 Å². The van der Waals surface area contributed by atoms with Gasteiger partial charge in [-0.05, 0) is 23.8 Å². The molecule has 0 atom stereocenters. The van der Waals surface area contributed by atoms with Crippen LogP contribution in [0.15, 0.2) is 6.07 Å². The Hall–Kier alpha value is -0.790. The average Bonchev–Trinajstić information content (AvgIpc) is 2.47. The zero-order valence-electron chi connectivity index (χ0n) is 11.0. The predicted molar refractivity (Wildman–Crippen MR) is 65.1 cm³/mol. The van der Waals surface area contributed by atoms with Crippen LogP contribution in [0.1, 0.15) is 58.3 Å². The number of aromatic nitrogens is 2. The van der Waals surface area contributed by atoms with Gasteiger partial charge in [0.25, 0.3) is 0 Å². The molecule has 1 aromatic rings. The molecule has 86 valence electrons. The largest absolute Gasteiger partial charge is 0.272 e. The van der Waals surface area contributed by atoms with Crippen LogP contribution >= 0.6 is 0 Å². The third-order valence-electron chi connectivity index (χ3n) is 3.20. The third-order valence-corrected chi connectivity index (χ3v) is 3.20. The second kappa shape index (κ2) is 4.38. The fraction of sp³-hybridized carbons (Fsp3) is 0.769. The highest BCUT2D eigenvalue weighted by Crippen LogP contribution is 2.26. The van der Waals surface area contributed by atoms with Gasteiger partial charge in [0.15, 0.2) is 0 Å². The summed E-state index contributed by atoms with van der Waals surface area (Å²) in [5.41, 5.74) is 2.94. The molecule has 1 heterocycles. The van der Waals surface area contributed by atoms with Crippen LogP contribution in [0.2, 0.25) is 0 Å². The van der Waals surface area contributed by atoms with Crippen molar-refractivity contribution in [1.29, 1.82) is 0 Å². The van der Waals surface area contributed by atoms with Gasteiger partial charge < -0.3 is 0 Å². The van der Waals surface area contributed by atoms with Crippen molar-refractivity contribution < 1.29 is 0 Å². The maximum Gasteiger partial charge on any atom is 0.0652 e. The minimum atomic E-state index is 0.377. The van der Waals surface area contributed by atoms with E-state index in [1.165, 1.54) is 17.8 Å². The van der Waals surface area contributed by atoms with Crippen LogP contribution in [0.5, 0.6) is 0 Å². The maximum absolute atomic E-state index is 4.55. The van der Waals surface area contributed by atoms with Crippen molar-refractivity contribution in [3.8, 4) is 0 Å². The van der Waals surface area contributed by atoms with E-state index in [0.29, 0.717) is 11.3 Å². The van der Waals surface area contributed by atoms with Gasteiger partial charge in [0, 0.05) is 12.7 Å². The van der Waals surface area contributed by atoms with Crippen LogP contribution in [0, 0.1) is 5.41 Å². The Balaban J connectivity index is 2.86. The van der Waals surface area contributed by atoms with Crippen molar-refractivity contribution in [3.05, 3.63) is 17.5 Å². The normalized spacial score (nSPS) is 12.5. The lowest BCUT2D eigenvalue weighted by Crippen LogP contribution is -2.15. The Morgan fingerprint density at radius 1 is 1.40 bits per heavy atom. The van der Waals surface area contributed by atoms with Gasteiger partial charge in [0.2, 0.25) is 0 Å². The molecule has 2 heteroatoms. The van der Waals surface area contributed by atoms with E-state index in [4.69, 9.17) is 0 Å². The average molecular weight is 208 g/mol. The summed E-state index contributed by atoms with van der Waals surface area (Å²) in [6.45, 7) is 11.3. The predicted octanol–water partition coefficient (Wildman–Crippen LogP) is 3.52. The van der Waals surface area contributed by atoms with E-state index >= 15 is 0 Å². The van der Waals surface area contributed by atoms with Crippen molar-refractivity contribution in [3.63, 3.8) is 0 Å². The quantitative estimate of drug-likeness (QED) is 0.740. The highest BCUT2D eigenvalue weighted by atomic mass is 15.3. The molecule has 0 amide bonds. The highest BCUT2D eigenvalue weighted by Gasteiger charge is 2.19. The van der Waals surface area contributed by atoms with Gasteiger partial charge in [-0.3, -0.25) is 4.68 Å². The molecule has 2 nitrogen and oxygen atoms in total. The Morgan fingerprint density at radius 3 is 2.40 bits per heavy atom. The number of hydrogen-bond donors (Lipinski definition) is 0. The lowest BCUT2D eigenvalue weighted by atomic mass is 9.85. The second-order valence-electron chi connectivity index (χ2n) is 5.53. The molecule has 0 bridgehead atoms. The van der Waals surface area contributed by atoms with Crippen molar-refractivity contribution in [2.75, 3.05) is 0 Å². The Kier molecular flexibility index (Phi) is 3.58. The van der Waals surface area contributed by atoms with Gasteiger partial charge >= 0.3 is 0 Å². The molecule has 0 aliphatic carbocycles. The molecule has 0 N–H and O–H groups in total. The SMILES string of the molecule is CCC(C)(C)Cc1cc(C(C)C)nn1C. The molecule has 0 saturated carbocycles. The number of aryl methyl sites for hydroxylation is 1. The molecule has 0 aliphatic rings. The minimum Gasteiger partial charge on any atom is -0.272 e. The smallest absolute Gasteiger partial charge is 0.0652 e. The molecule has 0 saturated heterocycles. The highest BCUT2D eigenvalue weighted by molar-refractivity contribution is 5.14. The van der Waals surface area contributed by atoms with E-state index in [0.717, 1.165) is 6.42 Å². The zero-order chi connectivity index (χ0) is 11.6. The van der Waals surface area contributed by atoms with Gasteiger partial charge in [-0.15, -0.1) is 0 Å². The van der Waals surface area contributed by atoms with E-state index in [2.05, 4.69) is 45.8 Å². The van der Waals surface area contributed by atoms with E-state index in [-0.39, 0.29) is 0 Å². The van der Waals surface area contributed by atoms with Crippen molar-refractivity contribution >= 4 is 0 Å². The van der Waals surface area contributed by atoms with Gasteiger partial charge in [-0.1, -0.05) is 41.0 Å². The Labute approximate surface area is 93.7 Å². The standard InChI is InChI=1S/C13H24N2/c1-7-13(4,5)9-11-8-12(10(2)3)14-15(11)6/h8,10H,7,9H2,1-6H3. The van der Waals surface area contributed by atoms with Crippen molar-refractivity contribution in [2.24, 2.45) is 12.5 Å². The molecule has 1 rings (SSSR count). The van der Waals surface area contributed by atoms with Gasteiger partial charge in [-0.25, -0.2) is 0 Å². The molecule has 0 aromatic carbocycles. The van der Waals surface area contributed by atoms with E-state index in [1.54, 1.807) is 0 Å². The van der Waals surface area contributed by atoms with Crippen LogP contribution < -0.4 is 0 Å². The van der Waals surface area contributed by atoms with Gasteiger partial charge in [0.05, 0.1) is 5.69 Å². The fourth-order valence-electron chi connectivity index (χ4n) is 1.59. The summed E-state index contributed by atoms with van der Waals surface area (Å²) >= 11 is 0. The van der Waals surface area contributed by atoms with E-state index < -0.39 is 0 Å². The lowest BCUT2D eigenvalue weighted by Gasteiger charge is -2.22. The maximum atomic E-state index is 4.55. The first-order chi connectivity index (χ1) is 6.85. The topological polar surface area (TPSA) is 17.8 Å². The molecule has 15 heavy (non-hydrogen) atoms. The molecular weight excluding hydrogens is 184 g/mol. The zero-order valence-corrected chi connectivity index (χ0v) is 11.0. The fourth-order valence-corrected chi connectivity index (χ4v) is 1.59. The number of hydrogen-bond acceptors (Lipinski definition) is 1. The summed E-state index contributed by atoms with van der Waals surface area (Å²) in [7, 11) is 2.05. The van der Waals surface area contributed by atoms with Crippen LogP contribution in [0.25, 0.3) is 0 Å². The Morgan fingerprint density at radius 2 is 2.00 bits per heavy atom. The third kappa shape index (κ3) is 3.08. The summed E-state index contributed by atoms with van der Waals surface area (Å²) in [4.78, 5) is 0. The first-order valence-electron chi connectivity index (χ1n) is 5.88. The number of nitrogens with zero attached hydrogens (tertiary/aromatic N) is 2. The van der Waals surface area contributed by atoms with Crippen LogP contribution in [0.4, 0.5) is 0 Å². The summed E-state index contributed by atoms with van der Waals surface area (Å²) < 4.78 is 2.03.